The Hall–Kier alpha value is -2.37. The smallest absolute Gasteiger partial charge is 0.419 e. The first kappa shape index (κ1) is 17.7. The highest BCUT2D eigenvalue weighted by Gasteiger charge is 2.28. The summed E-state index contributed by atoms with van der Waals surface area (Å²) in [6.07, 6.45) is -1.01. The van der Waals surface area contributed by atoms with E-state index in [1.165, 1.54) is 0 Å². The van der Waals surface area contributed by atoms with Crippen molar-refractivity contribution in [2.75, 3.05) is 6.54 Å². The summed E-state index contributed by atoms with van der Waals surface area (Å²) >= 11 is 0. The number of amides is 2. The summed E-state index contributed by atoms with van der Waals surface area (Å²) in [4.78, 5) is 35.3. The second-order valence-corrected chi connectivity index (χ2v) is 5.63. The maximum atomic E-state index is 12.0. The van der Waals surface area contributed by atoms with Crippen molar-refractivity contribution in [2.24, 2.45) is 0 Å². The minimum Gasteiger partial charge on any atom is -0.444 e. The molecule has 0 heterocycles. The van der Waals surface area contributed by atoms with E-state index in [1.807, 2.05) is 18.2 Å². The first-order valence-corrected chi connectivity index (χ1v) is 6.98. The molecule has 0 atom stereocenters. The number of ether oxygens (including phenoxy) is 2. The zero-order chi connectivity index (χ0) is 16.6. The fraction of sp³-hybridized carbons (Fsp3) is 0.438. The molecule has 0 aliphatic carbocycles. The van der Waals surface area contributed by atoms with Crippen molar-refractivity contribution in [2.45, 2.75) is 39.4 Å². The van der Waals surface area contributed by atoms with Crippen molar-refractivity contribution in [3.8, 4) is 0 Å². The quantitative estimate of drug-likeness (QED) is 0.781. The van der Waals surface area contributed by atoms with E-state index < -0.39 is 17.8 Å². The maximum absolute atomic E-state index is 12.0. The monoisotopic (exact) mass is 307 g/mol. The number of carbonyl (C=O) groups is 3. The van der Waals surface area contributed by atoms with Gasteiger partial charge in [0.2, 0.25) is 0 Å². The van der Waals surface area contributed by atoms with Crippen LogP contribution in [0, 0.1) is 0 Å². The first-order valence-electron chi connectivity index (χ1n) is 6.98. The molecule has 1 aromatic rings. The molecule has 22 heavy (non-hydrogen) atoms. The van der Waals surface area contributed by atoms with E-state index in [4.69, 9.17) is 9.47 Å². The van der Waals surface area contributed by atoms with Crippen molar-refractivity contribution >= 4 is 18.5 Å². The highest BCUT2D eigenvalue weighted by Crippen LogP contribution is 2.12. The molecule has 120 valence electrons. The summed E-state index contributed by atoms with van der Waals surface area (Å²) in [7, 11) is 0. The minimum atomic E-state index is -0.833. The van der Waals surface area contributed by atoms with Crippen molar-refractivity contribution in [3.05, 3.63) is 35.9 Å². The van der Waals surface area contributed by atoms with Crippen molar-refractivity contribution in [1.29, 1.82) is 0 Å². The molecule has 6 nitrogen and oxygen atoms in total. The molecule has 0 N–H and O–H groups in total. The van der Waals surface area contributed by atoms with E-state index in [0.29, 0.717) is 6.29 Å². The SMILES string of the molecule is CC(C)(C)OC(=O)N(CCC=O)C(=O)OCc1ccccc1. The number of benzene rings is 1. The normalized spacial score (nSPS) is 10.7. The van der Waals surface area contributed by atoms with Gasteiger partial charge in [0.15, 0.2) is 0 Å². The van der Waals surface area contributed by atoms with Gasteiger partial charge in [0.05, 0.1) is 0 Å². The van der Waals surface area contributed by atoms with Gasteiger partial charge in [-0.1, -0.05) is 30.3 Å². The Kier molecular flexibility index (Phi) is 6.56. The maximum Gasteiger partial charge on any atom is 0.419 e. The van der Waals surface area contributed by atoms with Gasteiger partial charge in [-0.2, -0.15) is 0 Å². The molecule has 2 amide bonds. The van der Waals surface area contributed by atoms with E-state index in [2.05, 4.69) is 0 Å². The molecule has 0 aliphatic heterocycles. The number of aldehydes is 1. The van der Waals surface area contributed by atoms with Crippen LogP contribution in [0.3, 0.4) is 0 Å². The van der Waals surface area contributed by atoms with E-state index in [1.54, 1.807) is 32.9 Å². The molecule has 0 radical (unpaired) electrons. The summed E-state index contributed by atoms with van der Waals surface area (Å²) in [5.41, 5.74) is 0.0614. The van der Waals surface area contributed by atoms with Crippen molar-refractivity contribution in [1.82, 2.24) is 4.90 Å². The average Bonchev–Trinajstić information content (AvgIpc) is 2.44. The number of carbonyl (C=O) groups excluding carboxylic acids is 3. The Labute approximate surface area is 130 Å². The van der Waals surface area contributed by atoms with Crippen LogP contribution >= 0.6 is 0 Å². The summed E-state index contributed by atoms with van der Waals surface area (Å²) < 4.78 is 10.2. The second kappa shape index (κ2) is 8.17. The van der Waals surface area contributed by atoms with Crippen LogP contribution in [0.2, 0.25) is 0 Å². The predicted molar refractivity (Wildman–Crippen MR) is 80.2 cm³/mol. The van der Waals surface area contributed by atoms with Crippen LogP contribution in [-0.2, 0) is 20.9 Å². The van der Waals surface area contributed by atoms with Gasteiger partial charge >= 0.3 is 12.2 Å². The highest BCUT2D eigenvalue weighted by atomic mass is 16.6. The first-order chi connectivity index (χ1) is 10.3. The van der Waals surface area contributed by atoms with Gasteiger partial charge in [0.1, 0.15) is 18.5 Å². The Bertz CT molecular complexity index is 507. The molecule has 0 spiro atoms. The molecule has 0 aliphatic rings. The van der Waals surface area contributed by atoms with Crippen LogP contribution in [0.5, 0.6) is 0 Å². The number of hydrogen-bond donors (Lipinski definition) is 0. The molecular weight excluding hydrogens is 286 g/mol. The highest BCUT2D eigenvalue weighted by molar-refractivity contribution is 5.88. The van der Waals surface area contributed by atoms with Gasteiger partial charge in [-0.15, -0.1) is 0 Å². The third kappa shape index (κ3) is 6.39. The molecule has 0 unspecified atom stereocenters. The lowest BCUT2D eigenvalue weighted by Gasteiger charge is -2.25. The van der Waals surface area contributed by atoms with Gasteiger partial charge in [-0.25, -0.2) is 14.5 Å². The fourth-order valence-corrected chi connectivity index (χ4v) is 1.55. The third-order valence-corrected chi connectivity index (χ3v) is 2.51. The van der Waals surface area contributed by atoms with E-state index in [0.717, 1.165) is 10.5 Å². The molecule has 1 rings (SSSR count). The lowest BCUT2D eigenvalue weighted by atomic mass is 10.2. The van der Waals surface area contributed by atoms with Crippen LogP contribution < -0.4 is 0 Å². The summed E-state index contributed by atoms with van der Waals surface area (Å²) in [6, 6.07) is 9.10. The number of hydrogen-bond acceptors (Lipinski definition) is 5. The lowest BCUT2D eigenvalue weighted by molar-refractivity contribution is -0.108. The zero-order valence-corrected chi connectivity index (χ0v) is 13.1. The van der Waals surface area contributed by atoms with Crippen molar-refractivity contribution < 1.29 is 23.9 Å². The van der Waals surface area contributed by atoms with Gasteiger partial charge in [-0.3, -0.25) is 0 Å². The van der Waals surface area contributed by atoms with E-state index >= 15 is 0 Å². The predicted octanol–water partition coefficient (Wildman–Crippen LogP) is 3.15. The lowest BCUT2D eigenvalue weighted by Crippen LogP contribution is -2.41. The topological polar surface area (TPSA) is 72.9 Å². The molecular formula is C16H21NO5. The third-order valence-electron chi connectivity index (χ3n) is 2.51. The van der Waals surface area contributed by atoms with Crippen molar-refractivity contribution in [3.63, 3.8) is 0 Å². The summed E-state index contributed by atoms with van der Waals surface area (Å²) in [5.74, 6) is 0. The number of rotatable bonds is 5. The molecule has 6 heteroatoms. The van der Waals surface area contributed by atoms with Crippen LogP contribution in [0.25, 0.3) is 0 Å². The Morgan fingerprint density at radius 1 is 1.14 bits per heavy atom. The van der Waals surface area contributed by atoms with Crippen LogP contribution in [0.15, 0.2) is 30.3 Å². The standard InChI is InChI=1S/C16H21NO5/c1-16(2,3)22-15(20)17(10-7-11-18)14(19)21-12-13-8-5-4-6-9-13/h4-6,8-9,11H,7,10,12H2,1-3H3. The minimum absolute atomic E-state index is 0.0275. The fourth-order valence-electron chi connectivity index (χ4n) is 1.55. The molecule has 0 saturated carbocycles. The molecule has 1 aromatic carbocycles. The largest absolute Gasteiger partial charge is 0.444 e. The molecule has 0 bridgehead atoms. The molecule has 0 aromatic heterocycles. The zero-order valence-electron chi connectivity index (χ0n) is 13.1. The molecule has 0 saturated heterocycles. The van der Waals surface area contributed by atoms with Gasteiger partial charge < -0.3 is 14.3 Å². The van der Waals surface area contributed by atoms with Gasteiger partial charge in [0, 0.05) is 13.0 Å². The van der Waals surface area contributed by atoms with Crippen LogP contribution in [0.1, 0.15) is 32.8 Å². The number of imide groups is 1. The van der Waals surface area contributed by atoms with E-state index in [9.17, 15) is 14.4 Å². The Morgan fingerprint density at radius 2 is 1.77 bits per heavy atom. The Balaban J connectivity index is 2.67. The van der Waals surface area contributed by atoms with Gasteiger partial charge in [-0.05, 0) is 26.3 Å². The average molecular weight is 307 g/mol. The summed E-state index contributed by atoms with van der Waals surface area (Å²) in [5, 5.41) is 0. The van der Waals surface area contributed by atoms with Gasteiger partial charge in [0.25, 0.3) is 0 Å². The van der Waals surface area contributed by atoms with E-state index in [-0.39, 0.29) is 19.6 Å². The van der Waals surface area contributed by atoms with Crippen LogP contribution in [0.4, 0.5) is 9.59 Å². The van der Waals surface area contributed by atoms with Crippen LogP contribution in [-0.4, -0.2) is 35.5 Å². The second-order valence-electron chi connectivity index (χ2n) is 5.63. The Morgan fingerprint density at radius 3 is 2.32 bits per heavy atom. The number of nitrogens with zero attached hydrogens (tertiary/aromatic N) is 1. The summed E-state index contributed by atoms with van der Waals surface area (Å²) in [6.45, 7) is 5.04. The molecule has 0 fully saturated rings.